The Balaban J connectivity index is 2.61. The monoisotopic (exact) mass is 154 g/mol. The molecule has 60 valence electrons. The third-order valence-electron chi connectivity index (χ3n) is 1.24. The van der Waals surface area contributed by atoms with Gasteiger partial charge < -0.3 is 0 Å². The summed E-state index contributed by atoms with van der Waals surface area (Å²) >= 11 is 0. The summed E-state index contributed by atoms with van der Waals surface area (Å²) in [6.45, 7) is 3.78. The quantitative estimate of drug-likeness (QED) is 0.428. The van der Waals surface area contributed by atoms with Gasteiger partial charge in [0.25, 0.3) is 5.79 Å². The second-order valence-corrected chi connectivity index (χ2v) is 2.74. The molecule has 0 spiro atoms. The van der Waals surface area contributed by atoms with Crippen LogP contribution in [0.3, 0.4) is 0 Å². The highest BCUT2D eigenvalue weighted by molar-refractivity contribution is 5.84. The molecule has 0 aliphatic carbocycles. The van der Waals surface area contributed by atoms with Gasteiger partial charge in [-0.25, -0.2) is 9.38 Å². The number of rotatable bonds is 2. The van der Waals surface area contributed by atoms with Crippen molar-refractivity contribution in [1.29, 1.82) is 0 Å². The van der Waals surface area contributed by atoms with Crippen molar-refractivity contribution in [2.75, 3.05) is 0 Å². The van der Waals surface area contributed by atoms with Crippen molar-refractivity contribution in [3.05, 3.63) is 12.2 Å². The van der Waals surface area contributed by atoms with E-state index in [0.717, 1.165) is 0 Å². The minimum atomic E-state index is -1.68. The summed E-state index contributed by atoms with van der Waals surface area (Å²) in [7, 11) is 0. The zero-order valence-corrected chi connectivity index (χ0v) is 6.66. The summed E-state index contributed by atoms with van der Waals surface area (Å²) in [5.41, 5.74) is 0. The third-order valence-corrected chi connectivity index (χ3v) is 1.24. The molecule has 0 fully saturated rings. The summed E-state index contributed by atoms with van der Waals surface area (Å²) < 4.78 is 13.2. The van der Waals surface area contributed by atoms with E-state index in [1.165, 1.54) is 18.5 Å². The van der Waals surface area contributed by atoms with E-state index >= 15 is 0 Å². The minimum absolute atomic E-state index is 0.117. The van der Waals surface area contributed by atoms with Crippen molar-refractivity contribution < 1.29 is 4.39 Å². The normalized spacial score (nSPS) is 29.5. The molecule has 2 nitrogen and oxygen atoms in total. The average molecular weight is 154 g/mol. The highest BCUT2D eigenvalue weighted by Crippen LogP contribution is 2.15. The maximum absolute atomic E-state index is 13.2. The third kappa shape index (κ3) is 2.26. The first-order chi connectivity index (χ1) is 5.12. The van der Waals surface area contributed by atoms with Crippen LogP contribution < -0.4 is 0 Å². The highest BCUT2D eigenvalue weighted by atomic mass is 19.1. The second-order valence-electron chi connectivity index (χ2n) is 2.74. The van der Waals surface area contributed by atoms with Gasteiger partial charge in [0.05, 0.1) is 6.21 Å². The number of alkyl halides is 1. The summed E-state index contributed by atoms with van der Waals surface area (Å²) in [5, 5.41) is 0. The van der Waals surface area contributed by atoms with Gasteiger partial charge in [0.1, 0.15) is 0 Å². The van der Waals surface area contributed by atoms with E-state index in [2.05, 4.69) is 9.98 Å². The number of hydrogen-bond donors (Lipinski definition) is 0. The molecule has 1 rings (SSSR count). The molecule has 0 aromatic carbocycles. The molecule has 1 aliphatic rings. The Morgan fingerprint density at radius 1 is 1.64 bits per heavy atom. The van der Waals surface area contributed by atoms with E-state index in [1.807, 2.05) is 13.8 Å². The Hall–Kier alpha value is -0.990. The molecule has 0 N–H and O–H groups in total. The number of aliphatic imine (C=N–C) groups is 2. The van der Waals surface area contributed by atoms with E-state index in [9.17, 15) is 4.39 Å². The van der Waals surface area contributed by atoms with E-state index in [0.29, 0.717) is 0 Å². The Morgan fingerprint density at radius 2 is 2.36 bits per heavy atom. The minimum Gasteiger partial charge on any atom is -0.289 e. The van der Waals surface area contributed by atoms with Gasteiger partial charge >= 0.3 is 0 Å². The van der Waals surface area contributed by atoms with Crippen LogP contribution in [-0.2, 0) is 0 Å². The van der Waals surface area contributed by atoms with Crippen LogP contribution in [-0.4, -0.2) is 24.3 Å². The Bertz CT molecular complexity index is 204. The van der Waals surface area contributed by atoms with E-state index in [4.69, 9.17) is 0 Å². The fraction of sp³-hybridized carbons (Fsp3) is 0.500. The number of hydrogen-bond acceptors (Lipinski definition) is 2. The molecular weight excluding hydrogens is 143 g/mol. The first kappa shape index (κ1) is 8.11. The van der Waals surface area contributed by atoms with Gasteiger partial charge in [0, 0.05) is 12.3 Å². The molecule has 1 heterocycles. The van der Waals surface area contributed by atoms with Crippen LogP contribution in [0, 0.1) is 0 Å². The SMILES string of the molecule is CC(C)N=CC1(F)C=CC=N1. The first-order valence-corrected chi connectivity index (χ1v) is 3.59. The predicted molar refractivity (Wildman–Crippen MR) is 45.1 cm³/mol. The molecule has 0 saturated heterocycles. The maximum Gasteiger partial charge on any atom is 0.254 e. The van der Waals surface area contributed by atoms with Crippen LogP contribution in [0.15, 0.2) is 22.1 Å². The van der Waals surface area contributed by atoms with Crippen LogP contribution in [0.5, 0.6) is 0 Å². The maximum atomic E-state index is 13.2. The molecule has 0 radical (unpaired) electrons. The number of nitrogens with zero attached hydrogens (tertiary/aromatic N) is 2. The van der Waals surface area contributed by atoms with E-state index in [-0.39, 0.29) is 6.04 Å². The number of halogens is 1. The van der Waals surface area contributed by atoms with Crippen LogP contribution in [0.4, 0.5) is 4.39 Å². The predicted octanol–water partition coefficient (Wildman–Crippen LogP) is 1.77. The van der Waals surface area contributed by atoms with Crippen molar-refractivity contribution >= 4 is 12.4 Å². The highest BCUT2D eigenvalue weighted by Gasteiger charge is 2.23. The second kappa shape index (κ2) is 2.95. The van der Waals surface area contributed by atoms with Crippen LogP contribution in [0.2, 0.25) is 0 Å². The lowest BCUT2D eigenvalue weighted by molar-refractivity contribution is 0.350. The van der Waals surface area contributed by atoms with Gasteiger partial charge in [-0.3, -0.25) is 4.99 Å². The van der Waals surface area contributed by atoms with Crippen molar-refractivity contribution in [2.45, 2.75) is 25.7 Å². The van der Waals surface area contributed by atoms with Crippen molar-refractivity contribution in [2.24, 2.45) is 9.98 Å². The standard InChI is InChI=1S/C8H11FN2/c1-7(2)10-6-8(9)4-3-5-11-8/h3-7H,1-2H3. The van der Waals surface area contributed by atoms with Gasteiger partial charge in [-0.2, -0.15) is 0 Å². The summed E-state index contributed by atoms with van der Waals surface area (Å²) in [4.78, 5) is 7.50. The molecule has 1 aliphatic heterocycles. The van der Waals surface area contributed by atoms with Gasteiger partial charge in [-0.1, -0.05) is 0 Å². The van der Waals surface area contributed by atoms with Gasteiger partial charge in [0.2, 0.25) is 0 Å². The molecule has 0 aromatic heterocycles. The van der Waals surface area contributed by atoms with E-state index in [1.54, 1.807) is 6.08 Å². The van der Waals surface area contributed by atoms with Crippen LogP contribution >= 0.6 is 0 Å². The molecule has 1 atom stereocenters. The molecule has 0 amide bonds. The lowest BCUT2D eigenvalue weighted by Crippen LogP contribution is -2.16. The summed E-state index contributed by atoms with van der Waals surface area (Å²) in [6.07, 6.45) is 5.62. The van der Waals surface area contributed by atoms with Crippen molar-refractivity contribution in [3.8, 4) is 0 Å². The molecule has 0 aromatic rings. The molecule has 11 heavy (non-hydrogen) atoms. The Labute approximate surface area is 65.6 Å². The average Bonchev–Trinajstić information content (AvgIpc) is 2.33. The molecule has 3 heteroatoms. The summed E-state index contributed by atoms with van der Waals surface area (Å²) in [5.74, 6) is -1.68. The fourth-order valence-corrected chi connectivity index (χ4v) is 0.708. The lowest BCUT2D eigenvalue weighted by Gasteiger charge is -2.06. The zero-order valence-electron chi connectivity index (χ0n) is 6.66. The molecule has 0 saturated carbocycles. The largest absolute Gasteiger partial charge is 0.289 e. The summed E-state index contributed by atoms with van der Waals surface area (Å²) in [6, 6.07) is 0.117. The smallest absolute Gasteiger partial charge is 0.254 e. The van der Waals surface area contributed by atoms with Gasteiger partial charge in [0.15, 0.2) is 0 Å². The van der Waals surface area contributed by atoms with Crippen molar-refractivity contribution in [3.63, 3.8) is 0 Å². The lowest BCUT2D eigenvalue weighted by atomic mass is 10.3. The van der Waals surface area contributed by atoms with E-state index < -0.39 is 5.79 Å². The van der Waals surface area contributed by atoms with Crippen LogP contribution in [0.25, 0.3) is 0 Å². The molecule has 0 bridgehead atoms. The van der Waals surface area contributed by atoms with Crippen molar-refractivity contribution in [1.82, 2.24) is 0 Å². The van der Waals surface area contributed by atoms with Crippen LogP contribution in [0.1, 0.15) is 13.8 Å². The topological polar surface area (TPSA) is 24.7 Å². The zero-order chi connectivity index (χ0) is 8.32. The van der Waals surface area contributed by atoms with Gasteiger partial charge in [-0.15, -0.1) is 0 Å². The molecule has 1 unspecified atom stereocenters. The Morgan fingerprint density at radius 3 is 2.82 bits per heavy atom. The number of allylic oxidation sites excluding steroid dienone is 1. The van der Waals surface area contributed by atoms with Gasteiger partial charge in [-0.05, 0) is 26.0 Å². The first-order valence-electron chi connectivity index (χ1n) is 3.59. The Kier molecular flexibility index (Phi) is 2.17. The fourth-order valence-electron chi connectivity index (χ4n) is 0.708. The molecular formula is C8H11FN2.